The van der Waals surface area contributed by atoms with E-state index >= 15 is 0 Å². The summed E-state index contributed by atoms with van der Waals surface area (Å²) in [5.41, 5.74) is 2.63. The molecule has 2 aromatic rings. The molecule has 0 saturated carbocycles. The van der Waals surface area contributed by atoms with Gasteiger partial charge in [-0.15, -0.1) is 0 Å². The average Bonchev–Trinajstić information content (AvgIpc) is 3.05. The Bertz CT molecular complexity index is 1130. The van der Waals surface area contributed by atoms with E-state index in [4.69, 9.17) is 4.74 Å². The number of aromatic amines is 1. The van der Waals surface area contributed by atoms with Crippen LogP contribution >= 0.6 is 15.9 Å². The van der Waals surface area contributed by atoms with Crippen LogP contribution in [-0.4, -0.2) is 49.3 Å². The second-order valence-electron chi connectivity index (χ2n) is 7.93. The number of rotatable bonds is 6. The number of hydrogen-bond acceptors (Lipinski definition) is 5. The van der Waals surface area contributed by atoms with Crippen molar-refractivity contribution in [3.05, 3.63) is 45.2 Å². The van der Waals surface area contributed by atoms with Crippen molar-refractivity contribution >= 4 is 43.5 Å². The molecule has 1 saturated heterocycles. The van der Waals surface area contributed by atoms with Gasteiger partial charge in [-0.2, -0.15) is 4.31 Å². The number of amides is 1. The fraction of sp³-hybridized carbons (Fsp3) is 0.455. The summed E-state index contributed by atoms with van der Waals surface area (Å²) < 4.78 is 34.1. The third kappa shape index (κ3) is 4.92. The molecule has 0 bridgehead atoms. The molecule has 1 aromatic carbocycles. The highest BCUT2D eigenvalue weighted by molar-refractivity contribution is 9.10. The van der Waals surface area contributed by atoms with E-state index in [2.05, 4.69) is 26.2 Å². The Hall–Kier alpha value is -2.17. The molecule has 0 radical (unpaired) electrons. The fourth-order valence-corrected chi connectivity index (χ4v) is 6.11. The van der Waals surface area contributed by atoms with E-state index in [1.54, 1.807) is 20.8 Å². The van der Waals surface area contributed by atoms with Gasteiger partial charge in [-0.25, -0.2) is 13.2 Å². The number of halogens is 1. The maximum absolute atomic E-state index is 13.4. The maximum Gasteiger partial charge on any atom is 0.341 e. The molecular formula is C22H28BrN3O5S. The normalized spacial score (nSPS) is 15.5. The minimum Gasteiger partial charge on any atom is -0.462 e. The standard InChI is InChI=1S/C22H28BrN3O5S/c1-5-31-22(28)19-14(3)24-15(4)20(19)32(29,30)26-10-8-16(9-11-26)21(27)25-17-6-7-18(23)13(2)12-17/h6-7,12,16,24H,5,8-11H2,1-4H3,(H,25,27). The van der Waals surface area contributed by atoms with Crippen LogP contribution in [0.1, 0.15) is 47.1 Å². The van der Waals surface area contributed by atoms with E-state index in [0.717, 1.165) is 10.0 Å². The average molecular weight is 526 g/mol. The van der Waals surface area contributed by atoms with Gasteiger partial charge in [0.2, 0.25) is 15.9 Å². The van der Waals surface area contributed by atoms with Crippen LogP contribution in [0.5, 0.6) is 0 Å². The first-order valence-electron chi connectivity index (χ1n) is 10.5. The molecule has 2 heterocycles. The summed E-state index contributed by atoms with van der Waals surface area (Å²) in [6, 6.07) is 5.58. The second kappa shape index (κ2) is 9.76. The van der Waals surface area contributed by atoms with Gasteiger partial charge in [-0.1, -0.05) is 15.9 Å². The number of carbonyl (C=O) groups excluding carboxylic acids is 2. The second-order valence-corrected chi connectivity index (χ2v) is 10.7. The van der Waals surface area contributed by atoms with Gasteiger partial charge in [0.25, 0.3) is 0 Å². The molecule has 1 aliphatic heterocycles. The summed E-state index contributed by atoms with van der Waals surface area (Å²) in [6.07, 6.45) is 0.801. The number of carbonyl (C=O) groups is 2. The highest BCUT2D eigenvalue weighted by atomic mass is 79.9. The first-order valence-corrected chi connectivity index (χ1v) is 12.7. The smallest absolute Gasteiger partial charge is 0.341 e. The van der Waals surface area contributed by atoms with E-state index in [1.165, 1.54) is 4.31 Å². The molecule has 32 heavy (non-hydrogen) atoms. The van der Waals surface area contributed by atoms with E-state index in [9.17, 15) is 18.0 Å². The van der Waals surface area contributed by atoms with Gasteiger partial charge in [-0.3, -0.25) is 4.79 Å². The molecule has 0 unspecified atom stereocenters. The minimum absolute atomic E-state index is 0.0401. The van der Waals surface area contributed by atoms with Crippen LogP contribution in [0.25, 0.3) is 0 Å². The van der Waals surface area contributed by atoms with Crippen molar-refractivity contribution in [1.29, 1.82) is 0 Å². The molecule has 2 N–H and O–H groups in total. The molecule has 3 rings (SSSR count). The number of benzene rings is 1. The summed E-state index contributed by atoms with van der Waals surface area (Å²) in [7, 11) is -3.92. The molecule has 1 amide bonds. The van der Waals surface area contributed by atoms with Gasteiger partial charge >= 0.3 is 5.97 Å². The lowest BCUT2D eigenvalue weighted by molar-refractivity contribution is -0.120. The number of ether oxygens (including phenoxy) is 1. The SMILES string of the molecule is CCOC(=O)c1c(C)[nH]c(C)c1S(=O)(=O)N1CCC(C(=O)Nc2ccc(Br)c(C)c2)CC1. The van der Waals surface area contributed by atoms with Gasteiger partial charge < -0.3 is 15.0 Å². The Kier molecular flexibility index (Phi) is 7.46. The van der Waals surface area contributed by atoms with Crippen molar-refractivity contribution in [3.63, 3.8) is 0 Å². The van der Waals surface area contributed by atoms with Crippen molar-refractivity contribution in [1.82, 2.24) is 9.29 Å². The molecule has 1 fully saturated rings. The number of nitrogens with one attached hydrogen (secondary N) is 2. The largest absolute Gasteiger partial charge is 0.462 e. The third-order valence-electron chi connectivity index (χ3n) is 5.65. The molecule has 1 aliphatic rings. The zero-order valence-corrected chi connectivity index (χ0v) is 21.0. The number of hydrogen-bond donors (Lipinski definition) is 2. The minimum atomic E-state index is -3.92. The van der Waals surface area contributed by atoms with Gasteiger partial charge in [0.15, 0.2) is 0 Å². The van der Waals surface area contributed by atoms with Crippen LogP contribution in [0.4, 0.5) is 5.69 Å². The molecule has 174 valence electrons. The molecular weight excluding hydrogens is 498 g/mol. The van der Waals surface area contributed by atoms with Crippen molar-refractivity contribution in [3.8, 4) is 0 Å². The fourth-order valence-electron chi connectivity index (χ4n) is 3.98. The topological polar surface area (TPSA) is 109 Å². The summed E-state index contributed by atoms with van der Waals surface area (Å²) in [4.78, 5) is 28.0. The lowest BCUT2D eigenvalue weighted by Gasteiger charge is -2.30. The van der Waals surface area contributed by atoms with Crippen LogP contribution in [0, 0.1) is 26.7 Å². The van der Waals surface area contributed by atoms with Crippen molar-refractivity contribution in [2.75, 3.05) is 25.0 Å². The molecule has 10 heteroatoms. The van der Waals surface area contributed by atoms with Gasteiger partial charge in [-0.05, 0) is 64.3 Å². The Morgan fingerprint density at radius 2 is 1.84 bits per heavy atom. The van der Waals surface area contributed by atoms with E-state index in [-0.39, 0.29) is 42.0 Å². The number of aryl methyl sites for hydroxylation is 3. The highest BCUT2D eigenvalue weighted by Crippen LogP contribution is 2.31. The summed E-state index contributed by atoms with van der Waals surface area (Å²) in [6.45, 7) is 7.45. The molecule has 0 aliphatic carbocycles. The van der Waals surface area contributed by atoms with Crippen LogP contribution in [0.2, 0.25) is 0 Å². The Morgan fingerprint density at radius 1 is 1.19 bits per heavy atom. The monoisotopic (exact) mass is 525 g/mol. The number of nitrogens with zero attached hydrogens (tertiary/aromatic N) is 1. The van der Waals surface area contributed by atoms with Crippen LogP contribution in [-0.2, 0) is 19.6 Å². The quantitative estimate of drug-likeness (QED) is 0.555. The zero-order chi connectivity index (χ0) is 23.6. The molecule has 0 spiro atoms. The summed E-state index contributed by atoms with van der Waals surface area (Å²) in [5.74, 6) is -1.07. The predicted molar refractivity (Wildman–Crippen MR) is 125 cm³/mol. The lowest BCUT2D eigenvalue weighted by atomic mass is 9.97. The van der Waals surface area contributed by atoms with Crippen molar-refractivity contribution < 1.29 is 22.7 Å². The molecule has 1 aromatic heterocycles. The summed E-state index contributed by atoms with van der Waals surface area (Å²) >= 11 is 3.44. The highest BCUT2D eigenvalue weighted by Gasteiger charge is 2.37. The van der Waals surface area contributed by atoms with Gasteiger partial charge in [0.1, 0.15) is 10.5 Å². The maximum atomic E-state index is 13.4. The number of H-pyrrole nitrogens is 1. The first kappa shape index (κ1) is 24.5. The predicted octanol–water partition coefficient (Wildman–Crippen LogP) is 3.92. The van der Waals surface area contributed by atoms with E-state index in [1.807, 2.05) is 25.1 Å². The number of anilines is 1. The number of esters is 1. The number of piperidine rings is 1. The lowest BCUT2D eigenvalue weighted by Crippen LogP contribution is -2.41. The van der Waals surface area contributed by atoms with Crippen LogP contribution in [0.15, 0.2) is 27.6 Å². The van der Waals surface area contributed by atoms with E-state index < -0.39 is 16.0 Å². The Balaban J connectivity index is 1.72. The van der Waals surface area contributed by atoms with E-state index in [0.29, 0.717) is 29.9 Å². The Labute approximate surface area is 196 Å². The summed E-state index contributed by atoms with van der Waals surface area (Å²) in [5, 5.41) is 2.92. The Morgan fingerprint density at radius 3 is 2.44 bits per heavy atom. The molecule has 8 nitrogen and oxygen atoms in total. The van der Waals surface area contributed by atoms with Gasteiger partial charge in [0.05, 0.1) is 6.61 Å². The number of sulfonamides is 1. The number of aromatic nitrogens is 1. The zero-order valence-electron chi connectivity index (χ0n) is 18.6. The van der Waals surface area contributed by atoms with Crippen LogP contribution in [0.3, 0.4) is 0 Å². The van der Waals surface area contributed by atoms with Crippen molar-refractivity contribution in [2.45, 2.75) is 45.4 Å². The van der Waals surface area contributed by atoms with Crippen LogP contribution < -0.4 is 5.32 Å². The third-order valence-corrected chi connectivity index (χ3v) is 8.61. The van der Waals surface area contributed by atoms with Gasteiger partial charge in [0, 0.05) is 40.6 Å². The first-order chi connectivity index (χ1) is 15.1. The molecule has 0 atom stereocenters. The van der Waals surface area contributed by atoms with Crippen molar-refractivity contribution in [2.24, 2.45) is 5.92 Å².